The minimum absolute atomic E-state index is 0.380. The number of hydrogen-bond acceptors (Lipinski definition) is 2. The monoisotopic (exact) mass is 153 g/mol. The quantitative estimate of drug-likeness (QED) is 0.455. The van der Waals surface area contributed by atoms with Gasteiger partial charge in [-0.1, -0.05) is 12.2 Å². The minimum atomic E-state index is 0.380. The van der Waals surface area contributed by atoms with Crippen LogP contribution < -0.4 is 0 Å². The van der Waals surface area contributed by atoms with Crippen LogP contribution in [0.4, 0.5) is 0 Å². The van der Waals surface area contributed by atoms with Gasteiger partial charge in [0.05, 0.1) is 6.61 Å². The van der Waals surface area contributed by atoms with Gasteiger partial charge < -0.3 is 0 Å². The van der Waals surface area contributed by atoms with Gasteiger partial charge in [0.15, 0.2) is 0 Å². The summed E-state index contributed by atoms with van der Waals surface area (Å²) < 4.78 is 0. The first kappa shape index (κ1) is 8.50. The fourth-order valence-corrected chi connectivity index (χ4v) is 1.10. The third kappa shape index (κ3) is 2.17. The summed E-state index contributed by atoms with van der Waals surface area (Å²) >= 11 is 0. The normalized spacial score (nSPS) is 25.3. The van der Waals surface area contributed by atoms with Crippen molar-refractivity contribution in [2.45, 2.75) is 12.8 Å². The Labute approximate surface area is 67.4 Å². The van der Waals surface area contributed by atoms with Crippen LogP contribution in [-0.2, 0) is 9.78 Å². The van der Waals surface area contributed by atoms with Crippen molar-refractivity contribution in [2.75, 3.05) is 6.61 Å². The molecule has 0 N–H and O–H groups in total. The van der Waals surface area contributed by atoms with Crippen molar-refractivity contribution in [3.63, 3.8) is 0 Å². The van der Waals surface area contributed by atoms with E-state index in [-0.39, 0.29) is 0 Å². The zero-order valence-electron chi connectivity index (χ0n) is 6.58. The van der Waals surface area contributed by atoms with Crippen LogP contribution in [0.2, 0.25) is 0 Å². The van der Waals surface area contributed by atoms with Crippen molar-refractivity contribution in [1.82, 2.24) is 0 Å². The van der Waals surface area contributed by atoms with Crippen molar-refractivity contribution in [1.29, 1.82) is 0 Å². The second kappa shape index (κ2) is 4.31. The Kier molecular flexibility index (Phi) is 3.33. The Bertz CT molecular complexity index is 126. The van der Waals surface area contributed by atoms with Gasteiger partial charge in [-0.25, -0.2) is 9.78 Å². The van der Waals surface area contributed by atoms with E-state index in [4.69, 9.17) is 9.78 Å². The molecule has 1 fully saturated rings. The Morgan fingerprint density at radius 1 is 1.45 bits per heavy atom. The standard InChI is InChI=1S/C9H13O2/c1-3-5-8-7-10-11-9(8)6-4-2/h3-4,8H,1-2,5-7H2. The maximum absolute atomic E-state index is 4.96. The molecule has 61 valence electrons. The molecule has 11 heavy (non-hydrogen) atoms. The molecule has 0 spiro atoms. The van der Waals surface area contributed by atoms with Crippen LogP contribution in [0.3, 0.4) is 0 Å². The number of rotatable bonds is 4. The summed E-state index contributed by atoms with van der Waals surface area (Å²) in [6.45, 7) is 7.95. The van der Waals surface area contributed by atoms with Crippen LogP contribution in [0, 0.1) is 12.0 Å². The van der Waals surface area contributed by atoms with E-state index < -0.39 is 0 Å². The summed E-state index contributed by atoms with van der Waals surface area (Å²) in [6, 6.07) is 0. The fourth-order valence-electron chi connectivity index (χ4n) is 1.10. The van der Waals surface area contributed by atoms with Gasteiger partial charge in [0.2, 0.25) is 0 Å². The number of allylic oxidation sites excluding steroid dienone is 1. The molecular weight excluding hydrogens is 140 g/mol. The molecule has 0 aromatic heterocycles. The average molecular weight is 153 g/mol. The molecule has 0 aromatic rings. The molecule has 0 bridgehead atoms. The molecule has 1 aliphatic heterocycles. The third-order valence-corrected chi connectivity index (χ3v) is 1.69. The highest BCUT2D eigenvalue weighted by molar-refractivity contribution is 4.96. The lowest BCUT2D eigenvalue weighted by molar-refractivity contribution is -0.244. The molecular formula is C9H13O2. The summed E-state index contributed by atoms with van der Waals surface area (Å²) in [7, 11) is 0. The second-order valence-electron chi connectivity index (χ2n) is 2.55. The van der Waals surface area contributed by atoms with Crippen LogP contribution >= 0.6 is 0 Å². The van der Waals surface area contributed by atoms with E-state index in [0.717, 1.165) is 18.9 Å². The van der Waals surface area contributed by atoms with Gasteiger partial charge in [0, 0.05) is 12.3 Å². The lowest BCUT2D eigenvalue weighted by Gasteiger charge is -2.08. The van der Waals surface area contributed by atoms with Gasteiger partial charge in [-0.2, -0.15) is 0 Å². The smallest absolute Gasteiger partial charge is 0.145 e. The topological polar surface area (TPSA) is 18.5 Å². The molecule has 1 heterocycles. The van der Waals surface area contributed by atoms with Gasteiger partial charge in [-0.15, -0.1) is 13.2 Å². The van der Waals surface area contributed by atoms with Crippen molar-refractivity contribution >= 4 is 0 Å². The van der Waals surface area contributed by atoms with E-state index >= 15 is 0 Å². The summed E-state index contributed by atoms with van der Waals surface area (Å²) in [5, 5.41) is 0. The first-order valence-electron chi connectivity index (χ1n) is 3.75. The van der Waals surface area contributed by atoms with Crippen LogP contribution in [-0.4, -0.2) is 6.61 Å². The first-order valence-corrected chi connectivity index (χ1v) is 3.75. The lowest BCUT2D eigenvalue weighted by Crippen LogP contribution is -2.07. The molecule has 1 radical (unpaired) electrons. The first-order chi connectivity index (χ1) is 5.38. The molecule has 0 aliphatic carbocycles. The van der Waals surface area contributed by atoms with Crippen molar-refractivity contribution in [3.05, 3.63) is 31.4 Å². The van der Waals surface area contributed by atoms with Crippen LogP contribution in [0.5, 0.6) is 0 Å². The molecule has 1 unspecified atom stereocenters. The molecule has 1 rings (SSSR count). The predicted octanol–water partition coefficient (Wildman–Crippen LogP) is 2.25. The van der Waals surface area contributed by atoms with Crippen molar-refractivity contribution in [3.8, 4) is 0 Å². The lowest BCUT2D eigenvalue weighted by atomic mass is 9.98. The van der Waals surface area contributed by atoms with Gasteiger partial charge >= 0.3 is 0 Å². The van der Waals surface area contributed by atoms with Crippen LogP contribution in [0.1, 0.15) is 12.8 Å². The summed E-state index contributed by atoms with van der Waals surface area (Å²) in [5.74, 6) is 0.380. The van der Waals surface area contributed by atoms with E-state index in [1.165, 1.54) is 0 Å². The highest BCUT2D eigenvalue weighted by atomic mass is 17.2. The van der Waals surface area contributed by atoms with Crippen molar-refractivity contribution in [2.24, 2.45) is 5.92 Å². The number of hydrogen-bond donors (Lipinski definition) is 0. The average Bonchev–Trinajstić information content (AvgIpc) is 2.39. The van der Waals surface area contributed by atoms with E-state index in [9.17, 15) is 0 Å². The predicted molar refractivity (Wildman–Crippen MR) is 43.4 cm³/mol. The van der Waals surface area contributed by atoms with E-state index in [1.807, 2.05) is 12.2 Å². The minimum Gasteiger partial charge on any atom is -0.236 e. The SMILES string of the molecule is C=CC[C]1OOCC1CC=C. The Morgan fingerprint density at radius 2 is 2.27 bits per heavy atom. The Morgan fingerprint density at radius 3 is 2.91 bits per heavy atom. The zero-order valence-corrected chi connectivity index (χ0v) is 6.58. The molecule has 1 aliphatic rings. The second-order valence-corrected chi connectivity index (χ2v) is 2.55. The summed E-state index contributed by atoms with van der Waals surface area (Å²) in [4.78, 5) is 9.80. The molecule has 2 heteroatoms. The van der Waals surface area contributed by atoms with Crippen LogP contribution in [0.25, 0.3) is 0 Å². The van der Waals surface area contributed by atoms with Gasteiger partial charge in [0.25, 0.3) is 0 Å². The maximum atomic E-state index is 4.96. The molecule has 0 amide bonds. The van der Waals surface area contributed by atoms with E-state index in [1.54, 1.807) is 0 Å². The van der Waals surface area contributed by atoms with Crippen LogP contribution in [0.15, 0.2) is 25.3 Å². The van der Waals surface area contributed by atoms with Crippen molar-refractivity contribution < 1.29 is 9.78 Å². The fraction of sp³-hybridized carbons (Fsp3) is 0.444. The molecule has 0 saturated carbocycles. The largest absolute Gasteiger partial charge is 0.236 e. The third-order valence-electron chi connectivity index (χ3n) is 1.69. The molecule has 1 saturated heterocycles. The highest BCUT2D eigenvalue weighted by Crippen LogP contribution is 2.30. The Hall–Kier alpha value is -0.600. The summed E-state index contributed by atoms with van der Waals surface area (Å²) in [6.07, 6.45) is 6.37. The Balaban J connectivity index is 2.36. The zero-order chi connectivity index (χ0) is 8.10. The van der Waals surface area contributed by atoms with Gasteiger partial charge in [0.1, 0.15) is 6.10 Å². The van der Waals surface area contributed by atoms with Gasteiger partial charge in [-0.3, -0.25) is 0 Å². The van der Waals surface area contributed by atoms with E-state index in [2.05, 4.69) is 13.2 Å². The highest BCUT2D eigenvalue weighted by Gasteiger charge is 2.28. The maximum Gasteiger partial charge on any atom is 0.145 e. The molecule has 2 nitrogen and oxygen atoms in total. The van der Waals surface area contributed by atoms with E-state index in [0.29, 0.717) is 12.5 Å². The summed E-state index contributed by atoms with van der Waals surface area (Å²) in [5.41, 5.74) is 0. The van der Waals surface area contributed by atoms with Gasteiger partial charge in [-0.05, 0) is 6.42 Å². The molecule has 1 atom stereocenters. The molecule has 0 aromatic carbocycles.